The summed E-state index contributed by atoms with van der Waals surface area (Å²) in [6.07, 6.45) is 2.24. The summed E-state index contributed by atoms with van der Waals surface area (Å²) in [5, 5.41) is 9.17. The van der Waals surface area contributed by atoms with Crippen LogP contribution in [-0.4, -0.2) is 29.7 Å². The van der Waals surface area contributed by atoms with Crippen LogP contribution in [0, 0.1) is 11.7 Å². The molecule has 17 heavy (non-hydrogen) atoms. The first-order valence-electron chi connectivity index (χ1n) is 5.96. The Kier molecular flexibility index (Phi) is 4.54. The van der Waals surface area contributed by atoms with E-state index in [1.165, 1.54) is 6.07 Å². The first-order chi connectivity index (χ1) is 8.19. The largest absolute Gasteiger partial charge is 0.396 e. The summed E-state index contributed by atoms with van der Waals surface area (Å²) in [7, 11) is 0. The third kappa shape index (κ3) is 3.50. The van der Waals surface area contributed by atoms with E-state index >= 15 is 0 Å². The van der Waals surface area contributed by atoms with E-state index in [9.17, 15) is 9.50 Å². The smallest absolute Gasteiger partial charge is 0.137 e. The minimum absolute atomic E-state index is 0.222. The highest BCUT2D eigenvalue weighted by Crippen LogP contribution is 2.21. The van der Waals surface area contributed by atoms with Crippen molar-refractivity contribution >= 4 is 15.9 Å². The maximum Gasteiger partial charge on any atom is 0.137 e. The van der Waals surface area contributed by atoms with Crippen LogP contribution in [-0.2, 0) is 6.54 Å². The number of benzene rings is 1. The molecule has 0 unspecified atom stereocenters. The van der Waals surface area contributed by atoms with Gasteiger partial charge in [-0.05, 0) is 58.9 Å². The SMILES string of the molecule is OC[C@H]1CCCN(Cc2ccc(F)c(Br)c2)C1. The lowest BCUT2D eigenvalue weighted by Gasteiger charge is -2.31. The Bertz CT molecular complexity index is 386. The number of aliphatic hydroxyl groups is 1. The lowest BCUT2D eigenvalue weighted by Crippen LogP contribution is -2.36. The second kappa shape index (κ2) is 5.94. The molecule has 2 rings (SSSR count). The number of halogens is 2. The number of likely N-dealkylation sites (tertiary alicyclic amines) is 1. The summed E-state index contributed by atoms with van der Waals surface area (Å²) in [6, 6.07) is 5.15. The molecule has 1 fully saturated rings. The number of hydrogen-bond acceptors (Lipinski definition) is 2. The molecule has 1 atom stereocenters. The summed E-state index contributed by atoms with van der Waals surface area (Å²) in [5.41, 5.74) is 1.11. The highest BCUT2D eigenvalue weighted by atomic mass is 79.9. The van der Waals surface area contributed by atoms with Crippen LogP contribution in [0.2, 0.25) is 0 Å². The van der Waals surface area contributed by atoms with Crippen LogP contribution in [0.25, 0.3) is 0 Å². The van der Waals surface area contributed by atoms with Crippen molar-refractivity contribution in [1.29, 1.82) is 0 Å². The normalized spacial score (nSPS) is 21.7. The molecule has 1 aliphatic heterocycles. The van der Waals surface area contributed by atoms with Crippen LogP contribution < -0.4 is 0 Å². The van der Waals surface area contributed by atoms with E-state index in [2.05, 4.69) is 20.8 Å². The average molecular weight is 302 g/mol. The summed E-state index contributed by atoms with van der Waals surface area (Å²) < 4.78 is 13.6. The maximum atomic E-state index is 13.1. The molecule has 0 saturated carbocycles. The van der Waals surface area contributed by atoms with Gasteiger partial charge in [0.25, 0.3) is 0 Å². The number of rotatable bonds is 3. The second-order valence-electron chi connectivity index (χ2n) is 4.67. The molecule has 1 N–H and O–H groups in total. The van der Waals surface area contributed by atoms with E-state index < -0.39 is 0 Å². The predicted octanol–water partition coefficient (Wildman–Crippen LogP) is 2.79. The zero-order chi connectivity index (χ0) is 12.3. The van der Waals surface area contributed by atoms with Gasteiger partial charge in [-0.2, -0.15) is 0 Å². The molecule has 0 amide bonds. The number of nitrogens with zero attached hydrogens (tertiary/aromatic N) is 1. The Morgan fingerprint density at radius 1 is 1.47 bits per heavy atom. The van der Waals surface area contributed by atoms with Crippen LogP contribution in [0.5, 0.6) is 0 Å². The number of aliphatic hydroxyl groups excluding tert-OH is 1. The van der Waals surface area contributed by atoms with Crippen molar-refractivity contribution in [2.45, 2.75) is 19.4 Å². The van der Waals surface area contributed by atoms with Gasteiger partial charge in [0.05, 0.1) is 4.47 Å². The topological polar surface area (TPSA) is 23.5 Å². The van der Waals surface area contributed by atoms with E-state index in [0.717, 1.165) is 38.0 Å². The van der Waals surface area contributed by atoms with Crippen LogP contribution >= 0.6 is 15.9 Å². The van der Waals surface area contributed by atoms with Crippen molar-refractivity contribution in [2.24, 2.45) is 5.92 Å². The minimum atomic E-state index is -0.222. The van der Waals surface area contributed by atoms with Gasteiger partial charge in [-0.15, -0.1) is 0 Å². The molecule has 0 bridgehead atoms. The van der Waals surface area contributed by atoms with Crippen LogP contribution in [0.3, 0.4) is 0 Å². The van der Waals surface area contributed by atoms with Crippen molar-refractivity contribution in [3.8, 4) is 0 Å². The van der Waals surface area contributed by atoms with E-state index in [1.807, 2.05) is 12.1 Å². The van der Waals surface area contributed by atoms with Gasteiger partial charge < -0.3 is 5.11 Å². The standard InChI is InChI=1S/C13H17BrFNO/c14-12-6-10(3-4-13(12)15)7-16-5-1-2-11(8-16)9-17/h3-4,6,11,17H,1-2,5,7-9H2/t11-/m0/s1. The molecular weight excluding hydrogens is 285 g/mol. The number of hydrogen-bond donors (Lipinski definition) is 1. The highest BCUT2D eigenvalue weighted by molar-refractivity contribution is 9.10. The Morgan fingerprint density at radius 2 is 2.29 bits per heavy atom. The third-order valence-corrected chi connectivity index (χ3v) is 3.86. The van der Waals surface area contributed by atoms with Crippen molar-refractivity contribution in [2.75, 3.05) is 19.7 Å². The Balaban J connectivity index is 1.97. The van der Waals surface area contributed by atoms with Crippen LogP contribution in [0.15, 0.2) is 22.7 Å². The fourth-order valence-electron chi connectivity index (χ4n) is 2.34. The van der Waals surface area contributed by atoms with Gasteiger partial charge in [0.2, 0.25) is 0 Å². The van der Waals surface area contributed by atoms with E-state index in [4.69, 9.17) is 0 Å². The van der Waals surface area contributed by atoms with Gasteiger partial charge in [0, 0.05) is 19.7 Å². The molecule has 1 heterocycles. The molecule has 0 spiro atoms. The first kappa shape index (κ1) is 13.0. The molecule has 2 nitrogen and oxygen atoms in total. The van der Waals surface area contributed by atoms with Gasteiger partial charge in [-0.3, -0.25) is 4.90 Å². The summed E-state index contributed by atoms with van der Waals surface area (Å²) in [6.45, 7) is 3.09. The zero-order valence-electron chi connectivity index (χ0n) is 9.70. The van der Waals surface area contributed by atoms with Gasteiger partial charge in [0.15, 0.2) is 0 Å². The van der Waals surface area contributed by atoms with Gasteiger partial charge in [0.1, 0.15) is 5.82 Å². The molecule has 94 valence electrons. The average Bonchev–Trinajstić information content (AvgIpc) is 2.34. The van der Waals surface area contributed by atoms with Gasteiger partial charge in [-0.25, -0.2) is 4.39 Å². The lowest BCUT2D eigenvalue weighted by atomic mass is 9.98. The highest BCUT2D eigenvalue weighted by Gasteiger charge is 2.19. The molecule has 1 saturated heterocycles. The molecule has 0 aromatic heterocycles. The Hall–Kier alpha value is -0.450. The van der Waals surface area contributed by atoms with Crippen molar-refractivity contribution in [3.63, 3.8) is 0 Å². The lowest BCUT2D eigenvalue weighted by molar-refractivity contribution is 0.116. The predicted molar refractivity (Wildman–Crippen MR) is 69.2 cm³/mol. The fourth-order valence-corrected chi connectivity index (χ4v) is 2.77. The molecule has 4 heteroatoms. The molecule has 1 aliphatic rings. The molecule has 1 aromatic carbocycles. The molecule has 0 radical (unpaired) electrons. The monoisotopic (exact) mass is 301 g/mol. The van der Waals surface area contributed by atoms with Crippen molar-refractivity contribution < 1.29 is 9.50 Å². The Morgan fingerprint density at radius 3 is 3.00 bits per heavy atom. The second-order valence-corrected chi connectivity index (χ2v) is 5.53. The van der Waals surface area contributed by atoms with Crippen LogP contribution in [0.1, 0.15) is 18.4 Å². The Labute approximate surface area is 110 Å². The van der Waals surface area contributed by atoms with Gasteiger partial charge in [-0.1, -0.05) is 6.07 Å². The molecule has 0 aliphatic carbocycles. The summed E-state index contributed by atoms with van der Waals surface area (Å²) >= 11 is 3.20. The third-order valence-electron chi connectivity index (χ3n) is 3.25. The first-order valence-corrected chi connectivity index (χ1v) is 6.75. The van der Waals surface area contributed by atoms with Gasteiger partial charge >= 0.3 is 0 Å². The minimum Gasteiger partial charge on any atom is -0.396 e. The quantitative estimate of drug-likeness (QED) is 0.928. The maximum absolute atomic E-state index is 13.1. The number of piperidine rings is 1. The van der Waals surface area contributed by atoms with Crippen molar-refractivity contribution in [3.05, 3.63) is 34.1 Å². The van der Waals surface area contributed by atoms with E-state index in [1.54, 1.807) is 0 Å². The summed E-state index contributed by atoms with van der Waals surface area (Å²) in [5.74, 6) is 0.174. The van der Waals surface area contributed by atoms with E-state index in [-0.39, 0.29) is 12.4 Å². The summed E-state index contributed by atoms with van der Waals surface area (Å²) in [4.78, 5) is 2.32. The zero-order valence-corrected chi connectivity index (χ0v) is 11.3. The van der Waals surface area contributed by atoms with E-state index in [0.29, 0.717) is 10.4 Å². The molecular formula is C13H17BrFNO. The molecule has 1 aromatic rings. The van der Waals surface area contributed by atoms with Crippen LogP contribution in [0.4, 0.5) is 4.39 Å². The fraction of sp³-hybridized carbons (Fsp3) is 0.538. The van der Waals surface area contributed by atoms with Crippen molar-refractivity contribution in [1.82, 2.24) is 4.90 Å².